The van der Waals surface area contributed by atoms with Crippen LogP contribution in [0, 0.1) is 10.1 Å². The third-order valence-corrected chi connectivity index (χ3v) is 3.59. The minimum absolute atomic E-state index is 0.134. The number of nitro groups is 1. The summed E-state index contributed by atoms with van der Waals surface area (Å²) in [6.07, 6.45) is -4.97. The summed E-state index contributed by atoms with van der Waals surface area (Å²) < 4.78 is 42.8. The largest absolute Gasteiger partial charge is 0.456 e. The van der Waals surface area contributed by atoms with Gasteiger partial charge in [-0.2, -0.15) is 13.2 Å². The lowest BCUT2D eigenvalue weighted by Gasteiger charge is -2.10. The summed E-state index contributed by atoms with van der Waals surface area (Å²) in [6, 6.07) is 10.5. The Morgan fingerprint density at radius 3 is 2.41 bits per heavy atom. The molecule has 8 nitrogen and oxygen atoms in total. The SMILES string of the molecule is O=C(COC(=O)CCNc1ccc(C(F)(F)F)cc1[N+](=O)[O-])Nc1ccccc1. The Morgan fingerprint density at radius 2 is 1.79 bits per heavy atom. The average Bonchev–Trinajstić information content (AvgIpc) is 2.66. The lowest BCUT2D eigenvalue weighted by atomic mass is 10.1. The summed E-state index contributed by atoms with van der Waals surface area (Å²) in [5.41, 5.74) is -1.56. The maximum absolute atomic E-state index is 12.7. The molecule has 11 heteroatoms. The number of hydrogen-bond acceptors (Lipinski definition) is 6. The molecule has 0 heterocycles. The molecule has 2 rings (SSSR count). The first-order chi connectivity index (χ1) is 13.7. The molecule has 0 aliphatic carbocycles. The van der Waals surface area contributed by atoms with Crippen molar-refractivity contribution in [1.29, 1.82) is 0 Å². The van der Waals surface area contributed by atoms with Crippen molar-refractivity contribution in [3.63, 3.8) is 0 Å². The summed E-state index contributed by atoms with van der Waals surface area (Å²) in [5, 5.41) is 16.0. The van der Waals surface area contributed by atoms with Crippen LogP contribution in [0.15, 0.2) is 48.5 Å². The quantitative estimate of drug-likeness (QED) is 0.390. The molecule has 0 bridgehead atoms. The fraction of sp³-hybridized carbons (Fsp3) is 0.222. The van der Waals surface area contributed by atoms with Gasteiger partial charge in [0.1, 0.15) is 5.69 Å². The van der Waals surface area contributed by atoms with Crippen LogP contribution < -0.4 is 10.6 Å². The van der Waals surface area contributed by atoms with Crippen molar-refractivity contribution in [2.75, 3.05) is 23.8 Å². The molecule has 0 aliphatic heterocycles. The smallest absolute Gasteiger partial charge is 0.416 e. The molecule has 0 saturated carbocycles. The van der Waals surface area contributed by atoms with Crippen molar-refractivity contribution in [3.05, 3.63) is 64.2 Å². The Labute approximate surface area is 162 Å². The minimum atomic E-state index is -4.71. The zero-order chi connectivity index (χ0) is 21.4. The maximum Gasteiger partial charge on any atom is 0.416 e. The molecule has 29 heavy (non-hydrogen) atoms. The van der Waals surface area contributed by atoms with Gasteiger partial charge in [0.05, 0.1) is 16.9 Å². The van der Waals surface area contributed by atoms with Gasteiger partial charge in [0, 0.05) is 18.3 Å². The second-order valence-electron chi connectivity index (χ2n) is 5.74. The van der Waals surface area contributed by atoms with Crippen molar-refractivity contribution in [2.45, 2.75) is 12.6 Å². The summed E-state index contributed by atoms with van der Waals surface area (Å²) in [5.74, 6) is -1.30. The van der Waals surface area contributed by atoms with Gasteiger partial charge >= 0.3 is 12.1 Å². The normalized spacial score (nSPS) is 10.9. The van der Waals surface area contributed by atoms with Crippen LogP contribution in [0.1, 0.15) is 12.0 Å². The van der Waals surface area contributed by atoms with Gasteiger partial charge in [0.2, 0.25) is 0 Å². The second kappa shape index (κ2) is 9.53. The molecule has 0 spiro atoms. The van der Waals surface area contributed by atoms with Gasteiger partial charge in [-0.3, -0.25) is 19.7 Å². The van der Waals surface area contributed by atoms with E-state index in [9.17, 15) is 32.9 Å². The fourth-order valence-corrected chi connectivity index (χ4v) is 2.24. The van der Waals surface area contributed by atoms with Crippen LogP contribution >= 0.6 is 0 Å². The van der Waals surface area contributed by atoms with E-state index in [2.05, 4.69) is 10.6 Å². The first-order valence-electron chi connectivity index (χ1n) is 8.27. The number of rotatable bonds is 8. The Morgan fingerprint density at radius 1 is 1.10 bits per heavy atom. The van der Waals surface area contributed by atoms with Crippen LogP contribution in [0.2, 0.25) is 0 Å². The van der Waals surface area contributed by atoms with E-state index in [1.54, 1.807) is 30.3 Å². The van der Waals surface area contributed by atoms with Gasteiger partial charge in [-0.25, -0.2) is 0 Å². The lowest BCUT2D eigenvalue weighted by Crippen LogP contribution is -2.22. The number of halogens is 3. The van der Waals surface area contributed by atoms with Crippen molar-refractivity contribution >= 4 is 28.9 Å². The summed E-state index contributed by atoms with van der Waals surface area (Å²) in [6.45, 7) is -0.653. The van der Waals surface area contributed by atoms with Gasteiger partial charge in [0.25, 0.3) is 11.6 Å². The topological polar surface area (TPSA) is 111 Å². The van der Waals surface area contributed by atoms with Crippen LogP contribution in [0.25, 0.3) is 0 Å². The third kappa shape index (κ3) is 6.79. The fourth-order valence-electron chi connectivity index (χ4n) is 2.24. The Kier molecular flexibility index (Phi) is 7.12. The van der Waals surface area contributed by atoms with E-state index in [1.165, 1.54) is 0 Å². The molecule has 0 atom stereocenters. The number of carbonyl (C=O) groups is 2. The Bertz CT molecular complexity index is 888. The molecule has 2 N–H and O–H groups in total. The number of para-hydroxylation sites is 1. The Balaban J connectivity index is 1.82. The van der Waals surface area contributed by atoms with Crippen molar-refractivity contribution in [1.82, 2.24) is 0 Å². The molecule has 0 radical (unpaired) electrons. The van der Waals surface area contributed by atoms with Crippen molar-refractivity contribution in [3.8, 4) is 0 Å². The number of nitrogens with zero attached hydrogens (tertiary/aromatic N) is 1. The average molecular weight is 411 g/mol. The number of amides is 1. The van der Waals surface area contributed by atoms with E-state index >= 15 is 0 Å². The monoisotopic (exact) mass is 411 g/mol. The van der Waals surface area contributed by atoms with Crippen LogP contribution in [0.4, 0.5) is 30.2 Å². The van der Waals surface area contributed by atoms with Crippen LogP contribution in [-0.4, -0.2) is 30.0 Å². The molecule has 2 aromatic carbocycles. The number of nitro benzene ring substituents is 1. The van der Waals surface area contributed by atoms with Crippen LogP contribution in [-0.2, 0) is 20.5 Å². The van der Waals surface area contributed by atoms with E-state index in [-0.39, 0.29) is 18.7 Å². The Hall–Kier alpha value is -3.63. The zero-order valence-corrected chi connectivity index (χ0v) is 14.9. The van der Waals surface area contributed by atoms with Gasteiger partial charge in [-0.15, -0.1) is 0 Å². The van der Waals surface area contributed by atoms with E-state index < -0.39 is 40.8 Å². The molecule has 1 amide bonds. The van der Waals surface area contributed by atoms with E-state index in [0.717, 1.165) is 6.07 Å². The minimum Gasteiger partial charge on any atom is -0.456 e. The number of esters is 1. The first kappa shape index (κ1) is 21.7. The third-order valence-electron chi connectivity index (χ3n) is 3.59. The van der Waals surface area contributed by atoms with Crippen LogP contribution in [0.5, 0.6) is 0 Å². The first-order valence-corrected chi connectivity index (χ1v) is 8.27. The number of nitrogens with one attached hydrogen (secondary N) is 2. The van der Waals surface area contributed by atoms with Gasteiger partial charge in [-0.1, -0.05) is 18.2 Å². The predicted molar refractivity (Wildman–Crippen MR) is 97.2 cm³/mol. The number of benzene rings is 2. The molecule has 2 aromatic rings. The zero-order valence-electron chi connectivity index (χ0n) is 14.9. The lowest BCUT2D eigenvalue weighted by molar-refractivity contribution is -0.384. The second-order valence-corrected chi connectivity index (χ2v) is 5.74. The predicted octanol–water partition coefficient (Wildman–Crippen LogP) is 3.60. The van der Waals surface area contributed by atoms with E-state index in [1.807, 2.05) is 0 Å². The van der Waals surface area contributed by atoms with E-state index in [4.69, 9.17) is 4.74 Å². The number of hydrogen-bond donors (Lipinski definition) is 2. The highest BCUT2D eigenvalue weighted by Gasteiger charge is 2.33. The van der Waals surface area contributed by atoms with Gasteiger partial charge < -0.3 is 15.4 Å². The summed E-state index contributed by atoms with van der Waals surface area (Å²) >= 11 is 0. The highest BCUT2D eigenvalue weighted by Crippen LogP contribution is 2.34. The number of ether oxygens (including phenoxy) is 1. The van der Waals surface area contributed by atoms with Gasteiger partial charge in [0.15, 0.2) is 6.61 Å². The number of anilines is 2. The standard InChI is InChI=1S/C18H16F3N3O5/c19-18(20,21)12-6-7-14(15(10-12)24(27)28)22-9-8-17(26)29-11-16(25)23-13-4-2-1-3-5-13/h1-7,10,22H,8-9,11H2,(H,23,25). The highest BCUT2D eigenvalue weighted by molar-refractivity contribution is 5.92. The van der Waals surface area contributed by atoms with E-state index in [0.29, 0.717) is 17.8 Å². The maximum atomic E-state index is 12.7. The number of carbonyl (C=O) groups excluding carboxylic acids is 2. The van der Waals surface area contributed by atoms with Crippen LogP contribution in [0.3, 0.4) is 0 Å². The molecule has 0 saturated heterocycles. The van der Waals surface area contributed by atoms with Crippen molar-refractivity contribution in [2.24, 2.45) is 0 Å². The molecular formula is C18H16F3N3O5. The number of alkyl halides is 3. The molecule has 0 aliphatic rings. The molecule has 0 fully saturated rings. The molecule has 154 valence electrons. The highest BCUT2D eigenvalue weighted by atomic mass is 19.4. The molecule has 0 aromatic heterocycles. The summed E-state index contributed by atoms with van der Waals surface area (Å²) in [4.78, 5) is 33.4. The molecule has 0 unspecified atom stereocenters. The summed E-state index contributed by atoms with van der Waals surface area (Å²) in [7, 11) is 0. The van der Waals surface area contributed by atoms with Crippen molar-refractivity contribution < 1.29 is 32.4 Å². The molecular weight excluding hydrogens is 395 g/mol. The van der Waals surface area contributed by atoms with Gasteiger partial charge in [-0.05, 0) is 24.3 Å².